The van der Waals surface area contributed by atoms with Crippen LogP contribution in [-0.4, -0.2) is 61.6 Å². The van der Waals surface area contributed by atoms with Crippen molar-refractivity contribution in [3.05, 3.63) is 24.3 Å². The van der Waals surface area contributed by atoms with Gasteiger partial charge in [0.15, 0.2) is 0 Å². The number of hydrogen-bond acceptors (Lipinski definition) is 4. The number of rotatable bonds is 3. The Hall–Kier alpha value is -1.80. The Labute approximate surface area is 135 Å². The van der Waals surface area contributed by atoms with Crippen molar-refractivity contribution in [2.45, 2.75) is 23.8 Å². The van der Waals surface area contributed by atoms with E-state index in [9.17, 15) is 13.2 Å². The molecule has 7 nitrogen and oxygen atoms in total. The number of piperidine rings is 1. The van der Waals surface area contributed by atoms with E-state index < -0.39 is 16.1 Å². The fourth-order valence-electron chi connectivity index (χ4n) is 3.46. The number of likely N-dealkylation sites (tertiary alicyclic amines) is 1. The van der Waals surface area contributed by atoms with E-state index in [0.717, 1.165) is 6.42 Å². The molecule has 1 amide bonds. The Morgan fingerprint density at radius 1 is 1.22 bits per heavy atom. The Balaban J connectivity index is 1.85. The van der Waals surface area contributed by atoms with Crippen molar-refractivity contribution in [3.63, 3.8) is 0 Å². The van der Waals surface area contributed by atoms with Crippen molar-refractivity contribution < 1.29 is 23.1 Å². The second kappa shape index (κ2) is 6.01. The topological polar surface area (TPSA) is 87.2 Å². The molecule has 2 heterocycles. The maximum Gasteiger partial charge on any atom is 0.407 e. The van der Waals surface area contributed by atoms with Gasteiger partial charge in [0.1, 0.15) is 5.75 Å². The molecule has 23 heavy (non-hydrogen) atoms. The molecule has 1 aromatic carbocycles. The van der Waals surface area contributed by atoms with Crippen LogP contribution >= 0.6 is 0 Å². The minimum Gasteiger partial charge on any atom is -0.497 e. The minimum absolute atomic E-state index is 0.214. The zero-order valence-electron chi connectivity index (χ0n) is 12.9. The molecule has 0 spiro atoms. The van der Waals surface area contributed by atoms with Crippen molar-refractivity contribution in [2.75, 3.05) is 26.7 Å². The average molecular weight is 340 g/mol. The molecule has 2 aliphatic rings. The summed E-state index contributed by atoms with van der Waals surface area (Å²) >= 11 is 0. The van der Waals surface area contributed by atoms with Crippen LogP contribution in [0.15, 0.2) is 29.2 Å². The molecule has 0 aromatic heterocycles. The van der Waals surface area contributed by atoms with Gasteiger partial charge in [-0.1, -0.05) is 0 Å². The van der Waals surface area contributed by atoms with Gasteiger partial charge in [0, 0.05) is 25.7 Å². The zero-order chi connectivity index (χ0) is 16.6. The van der Waals surface area contributed by atoms with Crippen LogP contribution in [0.5, 0.6) is 5.75 Å². The van der Waals surface area contributed by atoms with Gasteiger partial charge in [-0.3, -0.25) is 0 Å². The average Bonchev–Trinajstić information content (AvgIpc) is 2.98. The SMILES string of the molecule is COc1ccc(S(=O)(=O)N2CCC3CCN(C(=O)O)CC32)cc1. The minimum atomic E-state index is -3.63. The quantitative estimate of drug-likeness (QED) is 0.900. The van der Waals surface area contributed by atoms with E-state index in [1.807, 2.05) is 0 Å². The van der Waals surface area contributed by atoms with E-state index in [1.165, 1.54) is 28.4 Å². The van der Waals surface area contributed by atoms with Gasteiger partial charge in [-0.05, 0) is 43.0 Å². The Morgan fingerprint density at radius 2 is 1.87 bits per heavy atom. The lowest BCUT2D eigenvalue weighted by molar-refractivity contribution is 0.107. The summed E-state index contributed by atoms with van der Waals surface area (Å²) < 4.78 is 32.3. The lowest BCUT2D eigenvalue weighted by Gasteiger charge is -2.36. The highest BCUT2D eigenvalue weighted by atomic mass is 32.2. The highest BCUT2D eigenvalue weighted by Gasteiger charge is 2.45. The van der Waals surface area contributed by atoms with Crippen LogP contribution in [0.1, 0.15) is 12.8 Å². The fraction of sp³-hybridized carbons (Fsp3) is 0.533. The van der Waals surface area contributed by atoms with Gasteiger partial charge in [0.05, 0.1) is 12.0 Å². The number of fused-ring (bicyclic) bond motifs is 1. The molecule has 2 atom stereocenters. The van der Waals surface area contributed by atoms with Crippen molar-refractivity contribution in [1.82, 2.24) is 9.21 Å². The van der Waals surface area contributed by atoms with Gasteiger partial charge in [-0.15, -0.1) is 0 Å². The second-order valence-corrected chi connectivity index (χ2v) is 7.82. The van der Waals surface area contributed by atoms with Crippen LogP contribution in [-0.2, 0) is 10.0 Å². The Morgan fingerprint density at radius 3 is 2.48 bits per heavy atom. The first-order chi connectivity index (χ1) is 10.9. The standard InChI is InChI=1S/C15H20N2O5S/c1-22-12-2-4-13(5-3-12)23(20,21)17-9-7-11-6-8-16(15(18)19)10-14(11)17/h2-5,11,14H,6-10H2,1H3,(H,18,19). The van der Waals surface area contributed by atoms with Gasteiger partial charge in [0.25, 0.3) is 0 Å². The summed E-state index contributed by atoms with van der Waals surface area (Å²) in [4.78, 5) is 12.7. The number of sulfonamides is 1. The summed E-state index contributed by atoms with van der Waals surface area (Å²) in [5.41, 5.74) is 0. The summed E-state index contributed by atoms with van der Waals surface area (Å²) in [6.07, 6.45) is 0.510. The van der Waals surface area contributed by atoms with Crippen molar-refractivity contribution in [3.8, 4) is 5.75 Å². The van der Waals surface area contributed by atoms with E-state index >= 15 is 0 Å². The highest BCUT2D eigenvalue weighted by Crippen LogP contribution is 2.35. The molecule has 2 fully saturated rings. The molecule has 8 heteroatoms. The molecule has 3 rings (SSSR count). The van der Waals surface area contributed by atoms with Crippen LogP contribution < -0.4 is 4.74 Å². The Kier molecular flexibility index (Phi) is 4.20. The number of methoxy groups -OCH3 is 1. The third kappa shape index (κ3) is 2.88. The van der Waals surface area contributed by atoms with E-state index in [1.54, 1.807) is 12.1 Å². The van der Waals surface area contributed by atoms with Gasteiger partial charge < -0.3 is 14.7 Å². The van der Waals surface area contributed by atoms with Gasteiger partial charge in [-0.25, -0.2) is 13.2 Å². The van der Waals surface area contributed by atoms with Crippen LogP contribution in [0.3, 0.4) is 0 Å². The fourth-order valence-corrected chi connectivity index (χ4v) is 5.15. The molecule has 2 unspecified atom stereocenters. The number of hydrogen-bond donors (Lipinski definition) is 1. The normalized spacial score (nSPS) is 25.2. The van der Waals surface area contributed by atoms with Crippen molar-refractivity contribution in [2.24, 2.45) is 5.92 Å². The predicted molar refractivity (Wildman–Crippen MR) is 83.0 cm³/mol. The maximum atomic E-state index is 12.9. The predicted octanol–water partition coefficient (Wildman–Crippen LogP) is 1.46. The van der Waals surface area contributed by atoms with Crippen LogP contribution in [0.25, 0.3) is 0 Å². The van der Waals surface area contributed by atoms with E-state index in [0.29, 0.717) is 25.3 Å². The second-order valence-electron chi connectivity index (χ2n) is 5.92. The smallest absolute Gasteiger partial charge is 0.407 e. The molecule has 0 aliphatic carbocycles. The zero-order valence-corrected chi connectivity index (χ0v) is 13.7. The number of benzene rings is 1. The lowest BCUT2D eigenvalue weighted by atomic mass is 9.93. The molecule has 0 saturated carbocycles. The molecular formula is C15H20N2O5S. The van der Waals surface area contributed by atoms with Gasteiger partial charge in [-0.2, -0.15) is 4.31 Å². The number of nitrogens with zero attached hydrogens (tertiary/aromatic N) is 2. The highest BCUT2D eigenvalue weighted by molar-refractivity contribution is 7.89. The first-order valence-electron chi connectivity index (χ1n) is 7.57. The summed E-state index contributed by atoms with van der Waals surface area (Å²) in [5.74, 6) is 0.830. The number of amides is 1. The van der Waals surface area contributed by atoms with Crippen LogP contribution in [0, 0.1) is 5.92 Å². The summed E-state index contributed by atoms with van der Waals surface area (Å²) in [6.45, 7) is 1.17. The molecule has 0 radical (unpaired) electrons. The molecule has 2 saturated heterocycles. The first-order valence-corrected chi connectivity index (χ1v) is 9.01. The van der Waals surface area contributed by atoms with Crippen molar-refractivity contribution in [1.29, 1.82) is 0 Å². The van der Waals surface area contributed by atoms with Gasteiger partial charge in [0.2, 0.25) is 10.0 Å². The van der Waals surface area contributed by atoms with E-state index in [4.69, 9.17) is 9.84 Å². The van der Waals surface area contributed by atoms with Gasteiger partial charge >= 0.3 is 6.09 Å². The summed E-state index contributed by atoms with van der Waals surface area (Å²) in [6, 6.07) is 6.01. The number of carboxylic acid groups (broad SMARTS) is 1. The van der Waals surface area contributed by atoms with Crippen molar-refractivity contribution >= 4 is 16.1 Å². The van der Waals surface area contributed by atoms with E-state index in [-0.39, 0.29) is 23.4 Å². The molecule has 2 aliphatic heterocycles. The van der Waals surface area contributed by atoms with E-state index in [2.05, 4.69) is 0 Å². The first kappa shape index (κ1) is 16.1. The van der Waals surface area contributed by atoms with Crippen LogP contribution in [0.2, 0.25) is 0 Å². The molecular weight excluding hydrogens is 320 g/mol. The third-order valence-corrected chi connectivity index (χ3v) is 6.69. The summed E-state index contributed by atoms with van der Waals surface area (Å²) in [5, 5.41) is 9.17. The monoisotopic (exact) mass is 340 g/mol. The number of carbonyl (C=O) groups is 1. The molecule has 1 N–H and O–H groups in total. The molecule has 126 valence electrons. The number of ether oxygens (including phenoxy) is 1. The Bertz CT molecular complexity index is 688. The molecule has 0 bridgehead atoms. The molecule has 1 aromatic rings. The largest absolute Gasteiger partial charge is 0.497 e. The summed E-state index contributed by atoms with van der Waals surface area (Å²) in [7, 11) is -2.10. The lowest BCUT2D eigenvalue weighted by Crippen LogP contribution is -2.51. The third-order valence-electron chi connectivity index (χ3n) is 4.75. The maximum absolute atomic E-state index is 12.9. The van der Waals surface area contributed by atoms with Crippen LogP contribution in [0.4, 0.5) is 4.79 Å².